The van der Waals surface area contributed by atoms with Crippen LogP contribution in [0.15, 0.2) is 43.5 Å². The van der Waals surface area contributed by atoms with Crippen LogP contribution in [-0.2, 0) is 19.1 Å². The van der Waals surface area contributed by atoms with E-state index in [1.54, 1.807) is 26.9 Å². The van der Waals surface area contributed by atoms with E-state index in [2.05, 4.69) is 20.1 Å². The van der Waals surface area contributed by atoms with E-state index < -0.39 is 29.1 Å². The molecule has 1 N–H and O–H groups in total. The zero-order valence-electron chi connectivity index (χ0n) is 25.4. The number of benzene rings is 1. The van der Waals surface area contributed by atoms with Crippen molar-refractivity contribution >= 4 is 23.4 Å². The third-order valence-corrected chi connectivity index (χ3v) is 9.56. The zero-order chi connectivity index (χ0) is 30.1. The van der Waals surface area contributed by atoms with E-state index in [0.717, 1.165) is 23.2 Å². The Hall–Kier alpha value is -2.97. The van der Waals surface area contributed by atoms with Crippen molar-refractivity contribution in [3.8, 4) is 0 Å². The largest absolute Gasteiger partial charge is 0.396 e. The minimum atomic E-state index is -1.12. The second-order valence-corrected chi connectivity index (χ2v) is 12.2. The number of likely N-dealkylation sites (tertiary alicyclic amines) is 1. The van der Waals surface area contributed by atoms with Crippen molar-refractivity contribution in [1.29, 1.82) is 0 Å². The molecule has 3 fully saturated rings. The van der Waals surface area contributed by atoms with Crippen molar-refractivity contribution in [3.05, 3.63) is 54.6 Å². The molecule has 0 aromatic heterocycles. The Balaban J connectivity index is 1.85. The van der Waals surface area contributed by atoms with Gasteiger partial charge in [0.15, 0.2) is 0 Å². The first kappa shape index (κ1) is 31.0. The molecule has 1 aromatic carbocycles. The first-order valence-corrected chi connectivity index (χ1v) is 15.0. The highest BCUT2D eigenvalue weighted by molar-refractivity contribution is 6.05. The molecule has 1 aromatic rings. The van der Waals surface area contributed by atoms with Crippen molar-refractivity contribution in [2.75, 3.05) is 37.7 Å². The Bertz CT molecular complexity index is 1180. The van der Waals surface area contributed by atoms with Gasteiger partial charge in [-0.2, -0.15) is 0 Å². The lowest BCUT2D eigenvalue weighted by molar-refractivity contribution is -0.151. The standard InChI is InChI=1S/C33H47N3O5/c1-8-16-34(17-9-2)29(38)25-26-30(39)36(19-11-12-20-37)28(33(26)21-24(6)32(25,7)41-33)31(40)35(18-10-3)27-22(4)14-13-15-23(27)5/h8,10,13-15,24-26,28,37H,1,3,9,11-12,16-21H2,2,4-7H3/t24?,25-,26-,28?,32+,33?/m0/s1. The number of aryl methyl sites for hydroxylation is 2. The fraction of sp³-hybridized carbons (Fsp3) is 0.606. The lowest BCUT2D eigenvalue weighted by Gasteiger charge is -2.39. The molecule has 0 saturated carbocycles. The third-order valence-electron chi connectivity index (χ3n) is 9.56. The Morgan fingerprint density at radius 3 is 2.39 bits per heavy atom. The van der Waals surface area contributed by atoms with Gasteiger partial charge in [0.05, 0.1) is 17.4 Å². The molecular weight excluding hydrogens is 518 g/mol. The molecule has 8 heteroatoms. The van der Waals surface area contributed by atoms with Crippen LogP contribution in [0.4, 0.5) is 5.69 Å². The number of unbranched alkanes of at least 4 members (excludes halogenated alkanes) is 1. The molecule has 2 bridgehead atoms. The maximum atomic E-state index is 14.8. The molecule has 224 valence electrons. The van der Waals surface area contributed by atoms with Crippen LogP contribution in [0, 0.1) is 31.6 Å². The van der Waals surface area contributed by atoms with Crippen LogP contribution in [0.2, 0.25) is 0 Å². The van der Waals surface area contributed by atoms with Gasteiger partial charge in [0.2, 0.25) is 11.8 Å². The van der Waals surface area contributed by atoms with E-state index in [-0.39, 0.29) is 36.8 Å². The number of carbonyl (C=O) groups is 3. The molecule has 3 saturated heterocycles. The van der Waals surface area contributed by atoms with Gasteiger partial charge in [-0.3, -0.25) is 14.4 Å². The molecule has 41 heavy (non-hydrogen) atoms. The second-order valence-electron chi connectivity index (χ2n) is 12.2. The van der Waals surface area contributed by atoms with E-state index in [0.29, 0.717) is 38.9 Å². The summed E-state index contributed by atoms with van der Waals surface area (Å²) < 4.78 is 6.93. The molecule has 3 unspecified atom stereocenters. The molecule has 3 aliphatic heterocycles. The zero-order valence-corrected chi connectivity index (χ0v) is 25.4. The summed E-state index contributed by atoms with van der Waals surface area (Å²) in [6.07, 6.45) is 5.77. The number of rotatable bonds is 13. The summed E-state index contributed by atoms with van der Waals surface area (Å²) in [5.41, 5.74) is 0.719. The monoisotopic (exact) mass is 565 g/mol. The number of carbonyl (C=O) groups excluding carboxylic acids is 3. The summed E-state index contributed by atoms with van der Waals surface area (Å²) in [6.45, 7) is 19.3. The average Bonchev–Trinajstić information content (AvgIpc) is 3.44. The van der Waals surface area contributed by atoms with E-state index in [9.17, 15) is 19.5 Å². The molecule has 4 rings (SSSR count). The van der Waals surface area contributed by atoms with Crippen LogP contribution >= 0.6 is 0 Å². The summed E-state index contributed by atoms with van der Waals surface area (Å²) in [6, 6.07) is 5.02. The highest BCUT2D eigenvalue weighted by Gasteiger charge is 2.80. The number of aliphatic hydroxyl groups is 1. The summed E-state index contributed by atoms with van der Waals surface area (Å²) in [7, 11) is 0. The number of fused-ring (bicyclic) bond motifs is 1. The summed E-state index contributed by atoms with van der Waals surface area (Å²) in [5, 5.41) is 9.49. The number of amides is 3. The highest BCUT2D eigenvalue weighted by atomic mass is 16.5. The quantitative estimate of drug-likeness (QED) is 0.288. The predicted molar refractivity (Wildman–Crippen MR) is 160 cm³/mol. The maximum absolute atomic E-state index is 14.8. The first-order valence-electron chi connectivity index (χ1n) is 15.0. The number of hydrogen-bond donors (Lipinski definition) is 1. The number of aliphatic hydroxyl groups excluding tert-OH is 1. The number of nitrogens with zero attached hydrogens (tertiary/aromatic N) is 3. The second kappa shape index (κ2) is 12.1. The average molecular weight is 566 g/mol. The van der Waals surface area contributed by atoms with Crippen molar-refractivity contribution in [2.45, 2.75) is 77.5 Å². The van der Waals surface area contributed by atoms with Crippen LogP contribution in [0.5, 0.6) is 0 Å². The van der Waals surface area contributed by atoms with Crippen LogP contribution in [-0.4, -0.2) is 82.7 Å². The first-order chi connectivity index (χ1) is 19.5. The molecule has 1 spiro atoms. The topological polar surface area (TPSA) is 90.4 Å². The Morgan fingerprint density at radius 1 is 1.15 bits per heavy atom. The molecule has 3 amide bonds. The summed E-state index contributed by atoms with van der Waals surface area (Å²) in [4.78, 5) is 48.6. The Morgan fingerprint density at radius 2 is 1.80 bits per heavy atom. The van der Waals surface area contributed by atoms with Crippen LogP contribution < -0.4 is 4.90 Å². The third kappa shape index (κ3) is 4.93. The molecule has 3 heterocycles. The lowest BCUT2D eigenvalue weighted by atomic mass is 9.62. The molecule has 3 aliphatic rings. The fourth-order valence-corrected chi connectivity index (χ4v) is 7.74. The van der Waals surface area contributed by atoms with Gasteiger partial charge in [-0.25, -0.2) is 0 Å². The van der Waals surface area contributed by atoms with Gasteiger partial charge in [-0.15, -0.1) is 13.2 Å². The minimum absolute atomic E-state index is 0.000452. The smallest absolute Gasteiger partial charge is 0.253 e. The maximum Gasteiger partial charge on any atom is 0.253 e. The SMILES string of the molecule is C=CCN(CCC)C(=O)[C@@H]1[C@H]2C(=O)N(CCCCO)C(C(=O)N(CC=C)c3c(C)cccc3C)C23CC(C)[C@@]1(C)O3. The Kier molecular flexibility index (Phi) is 9.14. The lowest BCUT2D eigenvalue weighted by Crippen LogP contribution is -2.57. The van der Waals surface area contributed by atoms with Gasteiger partial charge in [0, 0.05) is 38.5 Å². The van der Waals surface area contributed by atoms with Gasteiger partial charge in [-0.05, 0) is 63.5 Å². The number of ether oxygens (including phenoxy) is 1. The van der Waals surface area contributed by atoms with Crippen molar-refractivity contribution in [2.24, 2.45) is 17.8 Å². The van der Waals surface area contributed by atoms with Crippen LogP contribution in [0.1, 0.15) is 57.6 Å². The van der Waals surface area contributed by atoms with Gasteiger partial charge in [-0.1, -0.05) is 44.2 Å². The summed E-state index contributed by atoms with van der Waals surface area (Å²) in [5.74, 6) is -2.02. The van der Waals surface area contributed by atoms with Gasteiger partial charge < -0.3 is 24.5 Å². The fourth-order valence-electron chi connectivity index (χ4n) is 7.74. The molecule has 6 atom stereocenters. The number of para-hydroxylation sites is 1. The van der Waals surface area contributed by atoms with E-state index >= 15 is 0 Å². The highest BCUT2D eigenvalue weighted by Crippen LogP contribution is 2.65. The van der Waals surface area contributed by atoms with E-state index in [4.69, 9.17) is 4.74 Å². The van der Waals surface area contributed by atoms with Crippen LogP contribution in [0.3, 0.4) is 0 Å². The van der Waals surface area contributed by atoms with Gasteiger partial charge in [0.1, 0.15) is 11.6 Å². The normalized spacial score (nSPS) is 29.9. The van der Waals surface area contributed by atoms with Gasteiger partial charge >= 0.3 is 0 Å². The number of anilines is 1. The van der Waals surface area contributed by atoms with E-state index in [1.165, 1.54) is 0 Å². The molecule has 8 nitrogen and oxygen atoms in total. The van der Waals surface area contributed by atoms with Crippen LogP contribution in [0.25, 0.3) is 0 Å². The van der Waals surface area contributed by atoms with Crippen molar-refractivity contribution < 1.29 is 24.2 Å². The van der Waals surface area contributed by atoms with Crippen molar-refractivity contribution in [3.63, 3.8) is 0 Å². The predicted octanol–water partition coefficient (Wildman–Crippen LogP) is 4.03. The molecule has 0 aliphatic carbocycles. The minimum Gasteiger partial charge on any atom is -0.396 e. The van der Waals surface area contributed by atoms with Gasteiger partial charge in [0.25, 0.3) is 5.91 Å². The van der Waals surface area contributed by atoms with Crippen molar-refractivity contribution in [1.82, 2.24) is 9.80 Å². The van der Waals surface area contributed by atoms with E-state index in [1.807, 2.05) is 45.9 Å². The molecule has 0 radical (unpaired) electrons. The number of hydrogen-bond acceptors (Lipinski definition) is 5. The molecular formula is C33H47N3O5. The Labute approximate surface area is 245 Å². The summed E-state index contributed by atoms with van der Waals surface area (Å²) >= 11 is 0.